The predicted octanol–water partition coefficient (Wildman–Crippen LogP) is 2.60. The van der Waals surface area contributed by atoms with Crippen LogP contribution in [0.1, 0.15) is 25.7 Å². The van der Waals surface area contributed by atoms with Crippen molar-refractivity contribution < 1.29 is 0 Å². The van der Waals surface area contributed by atoms with Gasteiger partial charge in [0.15, 0.2) is 0 Å². The molecule has 1 fully saturated rings. The first-order valence-corrected chi connectivity index (χ1v) is 7.52. The largest absolute Gasteiger partial charge is 0.315 e. The van der Waals surface area contributed by atoms with Crippen molar-refractivity contribution >= 4 is 21.4 Å². The van der Waals surface area contributed by atoms with Crippen molar-refractivity contribution in [1.82, 2.24) is 9.88 Å². The Kier molecular flexibility index (Phi) is 3.48. The highest BCUT2D eigenvalue weighted by molar-refractivity contribution is 7.17. The molecule has 1 aliphatic carbocycles. The van der Waals surface area contributed by atoms with Gasteiger partial charge < -0.3 is 9.88 Å². The van der Waals surface area contributed by atoms with E-state index >= 15 is 0 Å². The number of nitrogens with one attached hydrogen (secondary N) is 1. The zero-order chi connectivity index (χ0) is 12.4. The highest BCUT2D eigenvalue weighted by Gasteiger charge is 2.19. The molecule has 2 aromatic heterocycles. The van der Waals surface area contributed by atoms with Gasteiger partial charge in [-0.15, -0.1) is 11.3 Å². The maximum atomic E-state index is 12.1. The molecule has 2 heterocycles. The van der Waals surface area contributed by atoms with Gasteiger partial charge in [0.25, 0.3) is 5.56 Å². The quantitative estimate of drug-likeness (QED) is 0.812. The van der Waals surface area contributed by atoms with Crippen molar-refractivity contribution in [2.24, 2.45) is 0 Å². The van der Waals surface area contributed by atoms with Crippen LogP contribution in [0.5, 0.6) is 0 Å². The van der Waals surface area contributed by atoms with Crippen LogP contribution >= 0.6 is 11.3 Å². The third kappa shape index (κ3) is 2.65. The van der Waals surface area contributed by atoms with Gasteiger partial charge in [0, 0.05) is 23.5 Å². The molecule has 18 heavy (non-hydrogen) atoms. The molecule has 2 aromatic rings. The minimum absolute atomic E-state index is 0.156. The van der Waals surface area contributed by atoms with E-state index in [9.17, 15) is 4.79 Å². The van der Waals surface area contributed by atoms with E-state index in [1.165, 1.54) is 12.8 Å². The standard InChI is InChI=1S/C14H18N2OS/c17-14-12-6-10-18-13(12)5-9-16(14)8-2-1-7-15-11-3-4-11/h5-6,9-11,15H,1-4,7-8H2. The molecule has 0 atom stereocenters. The van der Waals surface area contributed by atoms with Crippen LogP contribution in [0.3, 0.4) is 0 Å². The molecule has 3 nitrogen and oxygen atoms in total. The molecule has 3 rings (SSSR count). The number of fused-ring (bicyclic) bond motifs is 1. The van der Waals surface area contributed by atoms with Crippen LogP contribution < -0.4 is 10.9 Å². The SMILES string of the molecule is O=c1c2ccsc2ccn1CCCCNC1CC1. The molecular formula is C14H18N2OS. The van der Waals surface area contributed by atoms with Gasteiger partial charge in [0.2, 0.25) is 0 Å². The minimum atomic E-state index is 0.156. The summed E-state index contributed by atoms with van der Waals surface area (Å²) in [5, 5.41) is 6.34. The molecule has 1 N–H and O–H groups in total. The molecule has 0 unspecified atom stereocenters. The van der Waals surface area contributed by atoms with Gasteiger partial charge in [-0.05, 0) is 49.7 Å². The van der Waals surface area contributed by atoms with Gasteiger partial charge in [0.1, 0.15) is 0 Å². The number of unbranched alkanes of at least 4 members (excludes halogenated alkanes) is 1. The molecule has 4 heteroatoms. The third-order valence-corrected chi connectivity index (χ3v) is 4.31. The van der Waals surface area contributed by atoms with E-state index in [0.717, 1.165) is 42.1 Å². The second-order valence-electron chi connectivity index (χ2n) is 4.95. The van der Waals surface area contributed by atoms with Gasteiger partial charge in [-0.25, -0.2) is 0 Å². The van der Waals surface area contributed by atoms with Crippen molar-refractivity contribution in [3.63, 3.8) is 0 Å². The first kappa shape index (κ1) is 11.9. The molecule has 0 spiro atoms. The van der Waals surface area contributed by atoms with Gasteiger partial charge in [-0.3, -0.25) is 4.79 Å². The topological polar surface area (TPSA) is 34.0 Å². The summed E-state index contributed by atoms with van der Waals surface area (Å²) in [6, 6.07) is 4.76. The van der Waals surface area contributed by atoms with E-state index in [1.54, 1.807) is 11.3 Å². The van der Waals surface area contributed by atoms with E-state index in [4.69, 9.17) is 0 Å². The monoisotopic (exact) mass is 262 g/mol. The summed E-state index contributed by atoms with van der Waals surface area (Å²) < 4.78 is 2.93. The van der Waals surface area contributed by atoms with Crippen LogP contribution in [0.4, 0.5) is 0 Å². The Morgan fingerprint density at radius 3 is 3.06 bits per heavy atom. The summed E-state index contributed by atoms with van der Waals surface area (Å²) in [5.41, 5.74) is 0.156. The van der Waals surface area contributed by atoms with Crippen LogP contribution in [0.15, 0.2) is 28.5 Å². The second-order valence-corrected chi connectivity index (χ2v) is 5.90. The van der Waals surface area contributed by atoms with Gasteiger partial charge in [-0.1, -0.05) is 0 Å². The maximum absolute atomic E-state index is 12.1. The lowest BCUT2D eigenvalue weighted by Gasteiger charge is -2.06. The predicted molar refractivity (Wildman–Crippen MR) is 76.3 cm³/mol. The summed E-state index contributed by atoms with van der Waals surface area (Å²) >= 11 is 1.63. The summed E-state index contributed by atoms with van der Waals surface area (Å²) in [6.07, 6.45) is 6.82. The third-order valence-electron chi connectivity index (χ3n) is 3.43. The molecule has 96 valence electrons. The van der Waals surface area contributed by atoms with E-state index in [1.807, 2.05) is 28.3 Å². The fourth-order valence-corrected chi connectivity index (χ4v) is 2.96. The van der Waals surface area contributed by atoms with Crippen LogP contribution in [0.25, 0.3) is 10.1 Å². The number of hydrogen-bond donors (Lipinski definition) is 1. The molecule has 0 radical (unpaired) electrons. The zero-order valence-corrected chi connectivity index (χ0v) is 11.2. The normalized spacial score (nSPS) is 15.3. The highest BCUT2D eigenvalue weighted by Crippen LogP contribution is 2.18. The van der Waals surface area contributed by atoms with Gasteiger partial charge in [-0.2, -0.15) is 0 Å². The highest BCUT2D eigenvalue weighted by atomic mass is 32.1. The zero-order valence-electron chi connectivity index (χ0n) is 10.4. The van der Waals surface area contributed by atoms with Crippen molar-refractivity contribution in [3.8, 4) is 0 Å². The Hall–Kier alpha value is -1.13. The average Bonchev–Trinajstić information content (AvgIpc) is 3.06. The Balaban J connectivity index is 1.56. The lowest BCUT2D eigenvalue weighted by molar-refractivity contribution is 0.560. The Morgan fingerprint density at radius 2 is 2.22 bits per heavy atom. The summed E-state index contributed by atoms with van der Waals surface area (Å²) in [6.45, 7) is 1.91. The molecule has 0 bridgehead atoms. The number of thiophene rings is 1. The Labute approximate surface area is 110 Å². The minimum Gasteiger partial charge on any atom is -0.315 e. The lowest BCUT2D eigenvalue weighted by atomic mass is 10.3. The molecule has 0 saturated heterocycles. The van der Waals surface area contributed by atoms with Crippen molar-refractivity contribution in [2.45, 2.75) is 38.3 Å². The van der Waals surface area contributed by atoms with Gasteiger partial charge >= 0.3 is 0 Å². The first-order chi connectivity index (χ1) is 8.84. The molecule has 1 aliphatic rings. The Morgan fingerprint density at radius 1 is 1.33 bits per heavy atom. The number of hydrogen-bond acceptors (Lipinski definition) is 3. The molecular weight excluding hydrogens is 244 g/mol. The smallest absolute Gasteiger partial charge is 0.259 e. The van der Waals surface area contributed by atoms with E-state index < -0.39 is 0 Å². The van der Waals surface area contributed by atoms with Crippen molar-refractivity contribution in [1.29, 1.82) is 0 Å². The molecule has 0 amide bonds. The van der Waals surface area contributed by atoms with Crippen LogP contribution in [0.2, 0.25) is 0 Å². The van der Waals surface area contributed by atoms with Gasteiger partial charge in [0.05, 0.1) is 5.39 Å². The molecule has 0 aromatic carbocycles. The first-order valence-electron chi connectivity index (χ1n) is 6.64. The van der Waals surface area contributed by atoms with E-state index in [0.29, 0.717) is 0 Å². The molecule has 1 saturated carbocycles. The fourth-order valence-electron chi connectivity index (χ4n) is 2.18. The second kappa shape index (κ2) is 5.24. The number of aryl methyl sites for hydroxylation is 1. The van der Waals surface area contributed by atoms with E-state index in [-0.39, 0.29) is 5.56 Å². The summed E-state index contributed by atoms with van der Waals surface area (Å²) in [5.74, 6) is 0. The number of rotatable bonds is 6. The summed E-state index contributed by atoms with van der Waals surface area (Å²) in [7, 11) is 0. The van der Waals surface area contributed by atoms with Crippen molar-refractivity contribution in [3.05, 3.63) is 34.1 Å². The number of pyridine rings is 1. The lowest BCUT2D eigenvalue weighted by Crippen LogP contribution is -2.21. The number of nitrogens with zero attached hydrogens (tertiary/aromatic N) is 1. The summed E-state index contributed by atoms with van der Waals surface area (Å²) in [4.78, 5) is 12.1. The van der Waals surface area contributed by atoms with Crippen LogP contribution in [-0.2, 0) is 6.54 Å². The maximum Gasteiger partial charge on any atom is 0.259 e. The Bertz CT molecular complexity index is 583. The average molecular weight is 262 g/mol. The van der Waals surface area contributed by atoms with Crippen molar-refractivity contribution in [2.75, 3.05) is 6.54 Å². The van der Waals surface area contributed by atoms with Crippen LogP contribution in [0, 0.1) is 0 Å². The van der Waals surface area contributed by atoms with E-state index in [2.05, 4.69) is 5.32 Å². The van der Waals surface area contributed by atoms with Crippen LogP contribution in [-0.4, -0.2) is 17.2 Å². The number of aromatic nitrogens is 1. The fraction of sp³-hybridized carbons (Fsp3) is 0.500. The molecule has 0 aliphatic heterocycles.